The number of morpholine rings is 1. The van der Waals surface area contributed by atoms with Crippen LogP contribution in [0.5, 0.6) is 0 Å². The maximum atomic E-state index is 14.8. The first-order chi connectivity index (χ1) is 16.5. The molecule has 0 N–H and O–H groups in total. The van der Waals surface area contributed by atoms with Gasteiger partial charge in [-0.2, -0.15) is 5.10 Å². The third-order valence-electron chi connectivity index (χ3n) is 6.44. The van der Waals surface area contributed by atoms with E-state index in [4.69, 9.17) is 4.74 Å². The first-order valence-corrected chi connectivity index (χ1v) is 11.4. The lowest BCUT2D eigenvalue weighted by Gasteiger charge is -2.38. The molecule has 1 aliphatic heterocycles. The van der Waals surface area contributed by atoms with Crippen molar-refractivity contribution in [3.63, 3.8) is 0 Å². The monoisotopic (exact) mass is 463 g/mol. The number of benzene rings is 1. The predicted octanol–water partition coefficient (Wildman–Crippen LogP) is 4.14. The largest absolute Gasteiger partial charge is 0.367 e. The van der Waals surface area contributed by atoms with E-state index in [9.17, 15) is 13.6 Å². The maximum Gasteiger partial charge on any atom is 0.257 e. The van der Waals surface area contributed by atoms with Gasteiger partial charge in [-0.1, -0.05) is 0 Å². The molecule has 1 aromatic carbocycles. The first kappa shape index (κ1) is 21.0. The summed E-state index contributed by atoms with van der Waals surface area (Å²) in [5.41, 5.74) is 2.38. The molecule has 2 atom stereocenters. The molecule has 0 amide bonds. The molecule has 0 bridgehead atoms. The average Bonchev–Trinajstić information content (AvgIpc) is 3.55. The Morgan fingerprint density at radius 3 is 2.71 bits per heavy atom. The Kier molecular flexibility index (Phi) is 4.95. The average molecular weight is 463 g/mol. The van der Waals surface area contributed by atoms with E-state index in [1.807, 2.05) is 24.0 Å². The number of hydrogen-bond acceptors (Lipinski definition) is 5. The van der Waals surface area contributed by atoms with Gasteiger partial charge in [0.25, 0.3) is 5.56 Å². The molecule has 9 heteroatoms. The van der Waals surface area contributed by atoms with Crippen LogP contribution in [0.2, 0.25) is 0 Å². The SMILES string of the molecule is CC1CN(c2cc(-c3ccc(F)cc3F)c3nccc(=O)n3c2)CC(c2cnn(C3CC3)c2)O1. The van der Waals surface area contributed by atoms with Gasteiger partial charge in [0.2, 0.25) is 0 Å². The van der Waals surface area contributed by atoms with Crippen molar-refractivity contribution in [2.24, 2.45) is 0 Å². The Bertz CT molecular complexity index is 1450. The van der Waals surface area contributed by atoms with Crippen molar-refractivity contribution in [1.82, 2.24) is 19.2 Å². The topological polar surface area (TPSA) is 64.7 Å². The number of halogens is 2. The van der Waals surface area contributed by atoms with Crippen molar-refractivity contribution in [3.8, 4) is 11.1 Å². The van der Waals surface area contributed by atoms with Crippen molar-refractivity contribution in [3.05, 3.63) is 82.7 Å². The molecule has 34 heavy (non-hydrogen) atoms. The van der Waals surface area contributed by atoms with Crippen LogP contribution in [0.1, 0.15) is 37.5 Å². The first-order valence-electron chi connectivity index (χ1n) is 11.4. The number of fused-ring (bicyclic) bond motifs is 1. The highest BCUT2D eigenvalue weighted by Crippen LogP contribution is 2.36. The summed E-state index contributed by atoms with van der Waals surface area (Å²) in [6.07, 6.45) is 9.06. The molecule has 2 aliphatic rings. The smallest absolute Gasteiger partial charge is 0.257 e. The number of rotatable bonds is 4. The molecule has 7 nitrogen and oxygen atoms in total. The minimum Gasteiger partial charge on any atom is -0.367 e. The molecule has 1 saturated carbocycles. The van der Waals surface area contributed by atoms with Crippen molar-refractivity contribution in [2.45, 2.75) is 38.0 Å². The fourth-order valence-corrected chi connectivity index (χ4v) is 4.61. The van der Waals surface area contributed by atoms with Gasteiger partial charge in [-0.05, 0) is 38.0 Å². The lowest BCUT2D eigenvalue weighted by Crippen LogP contribution is -2.43. The second-order valence-corrected chi connectivity index (χ2v) is 9.04. The fraction of sp³-hybridized carbons (Fsp3) is 0.320. The van der Waals surface area contributed by atoms with E-state index in [2.05, 4.69) is 15.0 Å². The summed E-state index contributed by atoms with van der Waals surface area (Å²) in [7, 11) is 0. The Labute approximate surface area is 194 Å². The van der Waals surface area contributed by atoms with Crippen molar-refractivity contribution >= 4 is 11.3 Å². The van der Waals surface area contributed by atoms with E-state index >= 15 is 0 Å². The molecule has 4 aromatic rings. The summed E-state index contributed by atoms with van der Waals surface area (Å²) >= 11 is 0. The minimum atomic E-state index is -0.710. The molecule has 1 saturated heterocycles. The lowest BCUT2D eigenvalue weighted by atomic mass is 10.0. The highest BCUT2D eigenvalue weighted by Gasteiger charge is 2.30. The van der Waals surface area contributed by atoms with Crippen LogP contribution >= 0.6 is 0 Å². The van der Waals surface area contributed by atoms with Gasteiger partial charge in [0.1, 0.15) is 23.4 Å². The van der Waals surface area contributed by atoms with Gasteiger partial charge in [-0.3, -0.25) is 13.9 Å². The zero-order valence-electron chi connectivity index (χ0n) is 18.6. The van der Waals surface area contributed by atoms with E-state index in [1.165, 1.54) is 28.8 Å². The number of nitrogens with zero attached hydrogens (tertiary/aromatic N) is 5. The van der Waals surface area contributed by atoms with Crippen molar-refractivity contribution in [1.29, 1.82) is 0 Å². The quantitative estimate of drug-likeness (QED) is 0.455. The number of ether oxygens (including phenoxy) is 1. The van der Waals surface area contributed by atoms with E-state index in [0.717, 1.165) is 30.2 Å². The van der Waals surface area contributed by atoms with E-state index in [1.54, 1.807) is 12.3 Å². The normalized spacial score (nSPS) is 20.7. The van der Waals surface area contributed by atoms with E-state index in [0.29, 0.717) is 30.3 Å². The van der Waals surface area contributed by atoms with E-state index < -0.39 is 11.6 Å². The number of anilines is 1. The summed E-state index contributed by atoms with van der Waals surface area (Å²) in [6, 6.07) is 7.06. The standard InChI is InChI=1S/C25H23F2N5O2/c1-15-11-30(14-23(34-15)16-10-29-32(12-16)18-3-4-18)19-9-21(20-5-2-17(26)8-22(20)27)25-28-7-6-24(33)31(25)13-19/h2,5-10,12-13,15,18,23H,3-4,11,14H2,1H3. The number of hydrogen-bond donors (Lipinski definition) is 0. The highest BCUT2D eigenvalue weighted by molar-refractivity contribution is 5.81. The molecule has 0 radical (unpaired) electrons. The second-order valence-electron chi connectivity index (χ2n) is 9.04. The third kappa shape index (κ3) is 3.75. The van der Waals surface area contributed by atoms with Gasteiger partial charge < -0.3 is 9.64 Å². The summed E-state index contributed by atoms with van der Waals surface area (Å²) < 4.78 is 38.0. The summed E-state index contributed by atoms with van der Waals surface area (Å²) in [5.74, 6) is -1.37. The Morgan fingerprint density at radius 2 is 1.91 bits per heavy atom. The van der Waals surface area contributed by atoms with Crippen molar-refractivity contribution in [2.75, 3.05) is 18.0 Å². The molecule has 3 aromatic heterocycles. The van der Waals surface area contributed by atoms with Crippen LogP contribution in [0, 0.1) is 11.6 Å². The molecule has 2 fully saturated rings. The highest BCUT2D eigenvalue weighted by atomic mass is 19.1. The summed E-state index contributed by atoms with van der Waals surface area (Å²) in [4.78, 5) is 19.1. The van der Waals surface area contributed by atoms with Gasteiger partial charge in [0.05, 0.1) is 24.0 Å². The van der Waals surface area contributed by atoms with Gasteiger partial charge in [0, 0.05) is 60.5 Å². The fourth-order valence-electron chi connectivity index (χ4n) is 4.61. The molecule has 6 rings (SSSR count). The lowest BCUT2D eigenvalue weighted by molar-refractivity contribution is -0.0174. The minimum absolute atomic E-state index is 0.0738. The third-order valence-corrected chi connectivity index (χ3v) is 6.44. The van der Waals surface area contributed by atoms with E-state index in [-0.39, 0.29) is 23.3 Å². The van der Waals surface area contributed by atoms with Crippen LogP contribution in [0.4, 0.5) is 14.5 Å². The van der Waals surface area contributed by atoms with Gasteiger partial charge in [0.15, 0.2) is 0 Å². The Morgan fingerprint density at radius 1 is 1.06 bits per heavy atom. The molecule has 0 spiro atoms. The van der Waals surface area contributed by atoms with Crippen LogP contribution in [0.25, 0.3) is 16.8 Å². The van der Waals surface area contributed by atoms with Crippen LogP contribution in [-0.4, -0.2) is 38.4 Å². The Hall–Kier alpha value is -3.59. The van der Waals surface area contributed by atoms with Crippen molar-refractivity contribution < 1.29 is 13.5 Å². The predicted molar refractivity (Wildman–Crippen MR) is 123 cm³/mol. The molecule has 1 aliphatic carbocycles. The summed E-state index contributed by atoms with van der Waals surface area (Å²) in [6.45, 7) is 3.14. The number of aromatic nitrogens is 4. The van der Waals surface area contributed by atoms with Crippen LogP contribution < -0.4 is 10.5 Å². The molecule has 174 valence electrons. The molecular weight excluding hydrogens is 440 g/mol. The Balaban J connectivity index is 1.43. The molecule has 2 unspecified atom stereocenters. The van der Waals surface area contributed by atoms with Crippen LogP contribution in [0.15, 0.2) is 59.9 Å². The van der Waals surface area contributed by atoms with Gasteiger partial charge >= 0.3 is 0 Å². The van der Waals surface area contributed by atoms with Gasteiger partial charge in [-0.15, -0.1) is 0 Å². The molecular formula is C25H23F2N5O2. The van der Waals surface area contributed by atoms with Crippen LogP contribution in [0.3, 0.4) is 0 Å². The zero-order chi connectivity index (χ0) is 23.4. The molecule has 4 heterocycles. The maximum absolute atomic E-state index is 14.8. The van der Waals surface area contributed by atoms with Crippen LogP contribution in [-0.2, 0) is 4.74 Å². The van der Waals surface area contributed by atoms with Gasteiger partial charge in [-0.25, -0.2) is 13.8 Å². The second kappa shape index (κ2) is 8.02. The summed E-state index contributed by atoms with van der Waals surface area (Å²) in [5, 5.41) is 4.49. The zero-order valence-corrected chi connectivity index (χ0v) is 18.6. The number of pyridine rings is 1.